The predicted octanol–water partition coefficient (Wildman–Crippen LogP) is 4.91. The molecule has 3 rings (SSSR count). The minimum atomic E-state index is -0.324. The van der Waals surface area contributed by atoms with Crippen molar-refractivity contribution in [2.75, 3.05) is 12.4 Å². The summed E-state index contributed by atoms with van der Waals surface area (Å²) >= 11 is 1.34. The molecule has 0 saturated carbocycles. The molecule has 0 unspecified atom stereocenters. The van der Waals surface area contributed by atoms with Gasteiger partial charge in [0, 0.05) is 27.6 Å². The van der Waals surface area contributed by atoms with Gasteiger partial charge in [0.2, 0.25) is 0 Å². The number of aromatic nitrogens is 1. The van der Waals surface area contributed by atoms with Gasteiger partial charge in [-0.25, -0.2) is 4.98 Å². The van der Waals surface area contributed by atoms with Crippen LogP contribution >= 0.6 is 11.3 Å². The molecule has 0 aliphatic heterocycles. The lowest BCUT2D eigenvalue weighted by molar-refractivity contribution is 0.0918. The third-order valence-corrected chi connectivity index (χ3v) is 5.01. The van der Waals surface area contributed by atoms with Gasteiger partial charge in [-0.3, -0.25) is 14.9 Å². The Morgan fingerprint density at radius 1 is 1.00 bits per heavy atom. The first kappa shape index (κ1) is 21.5. The van der Waals surface area contributed by atoms with Gasteiger partial charge in [-0.1, -0.05) is 11.6 Å². The van der Waals surface area contributed by atoms with Crippen LogP contribution in [0, 0.1) is 6.92 Å². The highest BCUT2D eigenvalue weighted by molar-refractivity contribution is 7.14. The molecule has 2 N–H and O–H groups in total. The SMILES string of the molecule is COc1ccc(C)cc1-c1csc(NC(=O)c2ccc(C(=O)NC(C)(C)C)cc2)n1. The van der Waals surface area contributed by atoms with Crippen LogP contribution in [0.15, 0.2) is 47.8 Å². The van der Waals surface area contributed by atoms with Gasteiger partial charge >= 0.3 is 0 Å². The lowest BCUT2D eigenvalue weighted by atomic mass is 10.1. The van der Waals surface area contributed by atoms with Crippen molar-refractivity contribution in [3.63, 3.8) is 0 Å². The van der Waals surface area contributed by atoms with E-state index in [1.165, 1.54) is 11.3 Å². The van der Waals surface area contributed by atoms with Crippen LogP contribution in [0.25, 0.3) is 11.3 Å². The molecule has 0 bridgehead atoms. The number of methoxy groups -OCH3 is 1. The Labute approximate surface area is 180 Å². The number of thiazole rings is 1. The molecule has 0 spiro atoms. The van der Waals surface area contributed by atoms with Crippen LogP contribution in [0.4, 0.5) is 5.13 Å². The highest BCUT2D eigenvalue weighted by atomic mass is 32.1. The van der Waals surface area contributed by atoms with Crippen LogP contribution in [0.1, 0.15) is 47.1 Å². The van der Waals surface area contributed by atoms with E-state index in [1.807, 2.05) is 51.3 Å². The number of rotatable bonds is 5. The van der Waals surface area contributed by atoms with Crippen LogP contribution in [0.3, 0.4) is 0 Å². The Bertz CT molecular complexity index is 1070. The number of carbonyl (C=O) groups excluding carboxylic acids is 2. The van der Waals surface area contributed by atoms with Crippen molar-refractivity contribution in [2.45, 2.75) is 33.2 Å². The maximum Gasteiger partial charge on any atom is 0.257 e. The summed E-state index contributed by atoms with van der Waals surface area (Å²) in [6.45, 7) is 7.76. The molecule has 6 nitrogen and oxygen atoms in total. The van der Waals surface area contributed by atoms with Crippen molar-refractivity contribution < 1.29 is 14.3 Å². The van der Waals surface area contributed by atoms with Crippen LogP contribution in [-0.2, 0) is 0 Å². The number of benzene rings is 2. The number of nitrogens with zero attached hydrogens (tertiary/aromatic N) is 1. The molecule has 0 radical (unpaired) electrons. The highest BCUT2D eigenvalue weighted by Gasteiger charge is 2.16. The number of hydrogen-bond acceptors (Lipinski definition) is 5. The van der Waals surface area contributed by atoms with Crippen molar-refractivity contribution in [3.05, 3.63) is 64.5 Å². The molecule has 0 fully saturated rings. The number of hydrogen-bond donors (Lipinski definition) is 2. The summed E-state index contributed by atoms with van der Waals surface area (Å²) in [7, 11) is 1.62. The lowest BCUT2D eigenvalue weighted by Gasteiger charge is -2.20. The third kappa shape index (κ3) is 5.24. The first-order valence-corrected chi connectivity index (χ1v) is 10.4. The smallest absolute Gasteiger partial charge is 0.257 e. The number of amides is 2. The number of carbonyl (C=O) groups is 2. The van der Waals surface area contributed by atoms with Crippen molar-refractivity contribution in [1.29, 1.82) is 0 Å². The number of ether oxygens (including phenoxy) is 1. The average Bonchev–Trinajstić information content (AvgIpc) is 3.15. The molecular weight excluding hydrogens is 398 g/mol. The Kier molecular flexibility index (Phi) is 6.22. The van der Waals surface area contributed by atoms with E-state index in [0.29, 0.717) is 16.3 Å². The second kappa shape index (κ2) is 8.67. The summed E-state index contributed by atoms with van der Waals surface area (Å²) in [5, 5.41) is 8.09. The van der Waals surface area contributed by atoms with Gasteiger partial charge in [0.25, 0.3) is 11.8 Å². The fourth-order valence-electron chi connectivity index (χ4n) is 2.83. The van der Waals surface area contributed by atoms with Gasteiger partial charge in [-0.2, -0.15) is 0 Å². The minimum Gasteiger partial charge on any atom is -0.496 e. The predicted molar refractivity (Wildman–Crippen MR) is 120 cm³/mol. The monoisotopic (exact) mass is 423 g/mol. The van der Waals surface area contributed by atoms with Crippen molar-refractivity contribution in [1.82, 2.24) is 10.3 Å². The molecule has 0 aliphatic carbocycles. The summed E-state index contributed by atoms with van der Waals surface area (Å²) in [4.78, 5) is 29.3. The quantitative estimate of drug-likeness (QED) is 0.611. The molecule has 30 heavy (non-hydrogen) atoms. The van der Waals surface area contributed by atoms with Gasteiger partial charge in [0.15, 0.2) is 5.13 Å². The minimum absolute atomic E-state index is 0.175. The summed E-state index contributed by atoms with van der Waals surface area (Å²) < 4.78 is 5.42. The lowest BCUT2D eigenvalue weighted by Crippen LogP contribution is -2.40. The van der Waals surface area contributed by atoms with E-state index in [0.717, 1.165) is 22.6 Å². The number of anilines is 1. The summed E-state index contributed by atoms with van der Waals surface area (Å²) in [5.41, 5.74) is 3.35. The van der Waals surface area contributed by atoms with Gasteiger partial charge in [-0.15, -0.1) is 11.3 Å². The summed E-state index contributed by atoms with van der Waals surface area (Å²) in [5.74, 6) is 0.272. The van der Waals surface area contributed by atoms with Crippen LogP contribution < -0.4 is 15.4 Å². The Morgan fingerprint density at radius 3 is 2.23 bits per heavy atom. The second-order valence-electron chi connectivity index (χ2n) is 7.98. The normalized spacial score (nSPS) is 11.1. The maximum absolute atomic E-state index is 12.6. The Morgan fingerprint density at radius 2 is 1.63 bits per heavy atom. The third-order valence-electron chi connectivity index (χ3n) is 4.25. The van der Waals surface area contributed by atoms with Crippen LogP contribution in [0.5, 0.6) is 5.75 Å². The van der Waals surface area contributed by atoms with E-state index in [9.17, 15) is 9.59 Å². The molecule has 3 aromatic rings. The van der Waals surface area contributed by atoms with Gasteiger partial charge in [0.1, 0.15) is 5.75 Å². The van der Waals surface area contributed by atoms with E-state index in [-0.39, 0.29) is 17.4 Å². The fraction of sp³-hybridized carbons (Fsp3) is 0.261. The molecule has 0 aliphatic rings. The van der Waals surface area contributed by atoms with E-state index in [4.69, 9.17) is 4.74 Å². The van der Waals surface area contributed by atoms with E-state index < -0.39 is 0 Å². The van der Waals surface area contributed by atoms with Crippen LogP contribution in [-0.4, -0.2) is 29.4 Å². The molecule has 0 saturated heterocycles. The Hall–Kier alpha value is -3.19. The molecule has 0 atom stereocenters. The van der Waals surface area contributed by atoms with Gasteiger partial charge < -0.3 is 10.1 Å². The molecule has 1 aromatic heterocycles. The topological polar surface area (TPSA) is 80.3 Å². The largest absolute Gasteiger partial charge is 0.496 e. The van der Waals surface area contributed by atoms with Crippen molar-refractivity contribution in [2.24, 2.45) is 0 Å². The van der Waals surface area contributed by atoms with Gasteiger partial charge in [-0.05, 0) is 64.1 Å². The first-order chi connectivity index (χ1) is 14.2. The molecule has 2 amide bonds. The van der Waals surface area contributed by atoms with Crippen molar-refractivity contribution in [3.8, 4) is 17.0 Å². The first-order valence-electron chi connectivity index (χ1n) is 9.51. The maximum atomic E-state index is 12.6. The Balaban J connectivity index is 1.72. The molecule has 1 heterocycles. The fourth-order valence-corrected chi connectivity index (χ4v) is 3.54. The van der Waals surface area contributed by atoms with E-state index >= 15 is 0 Å². The summed E-state index contributed by atoms with van der Waals surface area (Å²) in [6, 6.07) is 12.4. The van der Waals surface area contributed by atoms with E-state index in [1.54, 1.807) is 31.4 Å². The number of aryl methyl sites for hydroxylation is 1. The van der Waals surface area contributed by atoms with Gasteiger partial charge in [0.05, 0.1) is 12.8 Å². The zero-order valence-corrected chi connectivity index (χ0v) is 18.5. The van der Waals surface area contributed by atoms with Crippen molar-refractivity contribution >= 4 is 28.3 Å². The molecular formula is C23H25N3O3S. The second-order valence-corrected chi connectivity index (χ2v) is 8.84. The standard InChI is InChI=1S/C23H25N3O3S/c1-14-6-11-19(29-5)17(12-14)18-13-30-22(24-18)25-20(27)15-7-9-16(10-8-15)21(28)26-23(2,3)4/h6-13H,1-5H3,(H,26,28)(H,24,25,27). The zero-order valence-electron chi connectivity index (χ0n) is 17.7. The molecule has 2 aromatic carbocycles. The molecule has 156 valence electrons. The summed E-state index contributed by atoms with van der Waals surface area (Å²) in [6.07, 6.45) is 0. The zero-order chi connectivity index (χ0) is 21.9. The average molecular weight is 424 g/mol. The van der Waals surface area contributed by atoms with Crippen LogP contribution in [0.2, 0.25) is 0 Å². The number of nitrogens with one attached hydrogen (secondary N) is 2. The van der Waals surface area contributed by atoms with E-state index in [2.05, 4.69) is 15.6 Å². The molecule has 7 heteroatoms. The highest BCUT2D eigenvalue weighted by Crippen LogP contribution is 2.33.